The molecule has 0 radical (unpaired) electrons. The summed E-state index contributed by atoms with van der Waals surface area (Å²) in [7, 11) is 2.20. The molecule has 0 atom stereocenters. The first kappa shape index (κ1) is 18.9. The molecule has 1 aromatic carbocycles. The van der Waals surface area contributed by atoms with Gasteiger partial charge in [0.1, 0.15) is 5.82 Å². The molecule has 1 N–H and O–H groups in total. The summed E-state index contributed by atoms with van der Waals surface area (Å²) in [6, 6.07) is 11.0. The Hall–Kier alpha value is -2.46. The summed E-state index contributed by atoms with van der Waals surface area (Å²) in [5.41, 5.74) is 7.36. The van der Waals surface area contributed by atoms with Crippen LogP contribution in [0.2, 0.25) is 0 Å². The van der Waals surface area contributed by atoms with Gasteiger partial charge in [0.05, 0.1) is 5.69 Å². The quantitative estimate of drug-likeness (QED) is 0.623. The van der Waals surface area contributed by atoms with Crippen LogP contribution >= 0.6 is 0 Å². The molecule has 1 saturated heterocycles. The second-order valence-corrected chi connectivity index (χ2v) is 7.84. The van der Waals surface area contributed by atoms with E-state index in [0.717, 1.165) is 37.2 Å². The molecule has 0 bridgehead atoms. The number of hydrogen-bond acceptors (Lipinski definition) is 2. The van der Waals surface area contributed by atoms with Gasteiger partial charge >= 0.3 is 0 Å². The maximum Gasteiger partial charge on any atom is 0.123 e. The molecule has 0 amide bonds. The summed E-state index contributed by atoms with van der Waals surface area (Å²) < 4.78 is 13.5. The second kappa shape index (κ2) is 8.27. The van der Waals surface area contributed by atoms with E-state index in [-0.39, 0.29) is 5.82 Å². The molecule has 4 heteroatoms. The predicted octanol–water partition coefficient (Wildman–Crippen LogP) is 5.64. The molecule has 3 heterocycles. The Bertz CT molecular complexity index is 907. The smallest absolute Gasteiger partial charge is 0.123 e. The summed E-state index contributed by atoms with van der Waals surface area (Å²) >= 11 is 0. The van der Waals surface area contributed by atoms with Crippen molar-refractivity contribution in [3.05, 3.63) is 65.9 Å². The van der Waals surface area contributed by atoms with Crippen LogP contribution in [0.25, 0.3) is 22.4 Å². The van der Waals surface area contributed by atoms with Crippen molar-refractivity contribution in [2.75, 3.05) is 20.1 Å². The standard InChI is InChI=1S/C24H28FN3/c1-3-4-21-22(17-9-13-26-14-10-17)24(18-5-7-20(25)8-6-18)27-23(21)19-11-15-28(2)16-12-19/h5-10,13-14,19,27H,3-4,11-12,15-16H2,1-2H3. The minimum Gasteiger partial charge on any atom is -0.357 e. The van der Waals surface area contributed by atoms with Crippen LogP contribution in [0.3, 0.4) is 0 Å². The number of nitrogens with zero attached hydrogens (tertiary/aromatic N) is 2. The molecule has 1 aliphatic heterocycles. The normalized spacial score (nSPS) is 15.8. The Labute approximate surface area is 166 Å². The lowest BCUT2D eigenvalue weighted by molar-refractivity contribution is 0.253. The summed E-state index contributed by atoms with van der Waals surface area (Å²) in [5.74, 6) is 0.345. The van der Waals surface area contributed by atoms with Gasteiger partial charge in [0.25, 0.3) is 0 Å². The molecule has 0 aliphatic carbocycles. The highest BCUT2D eigenvalue weighted by molar-refractivity contribution is 5.85. The second-order valence-electron chi connectivity index (χ2n) is 7.84. The van der Waals surface area contributed by atoms with Gasteiger partial charge in [0.15, 0.2) is 0 Å². The van der Waals surface area contributed by atoms with Gasteiger partial charge in [-0.25, -0.2) is 4.39 Å². The third kappa shape index (κ3) is 3.74. The van der Waals surface area contributed by atoms with Crippen molar-refractivity contribution in [1.82, 2.24) is 14.9 Å². The molecule has 3 aromatic rings. The SMILES string of the molecule is CCCc1c(C2CCN(C)CC2)[nH]c(-c2ccc(F)cc2)c1-c1ccncc1. The van der Waals surface area contributed by atoms with Crippen molar-refractivity contribution >= 4 is 0 Å². The predicted molar refractivity (Wildman–Crippen MR) is 113 cm³/mol. The summed E-state index contributed by atoms with van der Waals surface area (Å²) in [6.07, 6.45) is 8.18. The number of benzene rings is 1. The van der Waals surface area contributed by atoms with Gasteiger partial charge in [-0.05, 0) is 92.5 Å². The first-order valence-corrected chi connectivity index (χ1v) is 10.3. The van der Waals surface area contributed by atoms with Crippen LogP contribution in [0.4, 0.5) is 4.39 Å². The van der Waals surface area contributed by atoms with E-state index in [2.05, 4.69) is 41.0 Å². The Kier molecular flexibility index (Phi) is 5.58. The zero-order chi connectivity index (χ0) is 19.5. The van der Waals surface area contributed by atoms with Crippen LogP contribution in [-0.4, -0.2) is 35.0 Å². The van der Waals surface area contributed by atoms with Crippen LogP contribution in [-0.2, 0) is 6.42 Å². The summed E-state index contributed by atoms with van der Waals surface area (Å²) in [6.45, 7) is 4.50. The minimum absolute atomic E-state index is 0.204. The van der Waals surface area contributed by atoms with Crippen molar-refractivity contribution in [3.63, 3.8) is 0 Å². The van der Waals surface area contributed by atoms with E-state index in [1.54, 1.807) is 12.1 Å². The van der Waals surface area contributed by atoms with E-state index in [1.165, 1.54) is 35.2 Å². The third-order valence-corrected chi connectivity index (χ3v) is 5.87. The molecular weight excluding hydrogens is 349 g/mol. The number of rotatable bonds is 5. The highest BCUT2D eigenvalue weighted by atomic mass is 19.1. The fraction of sp³-hybridized carbons (Fsp3) is 0.375. The molecule has 1 aliphatic rings. The molecule has 0 unspecified atom stereocenters. The molecule has 1 fully saturated rings. The van der Waals surface area contributed by atoms with E-state index in [9.17, 15) is 4.39 Å². The first-order valence-electron chi connectivity index (χ1n) is 10.3. The van der Waals surface area contributed by atoms with Gasteiger partial charge in [-0.2, -0.15) is 0 Å². The van der Waals surface area contributed by atoms with Crippen LogP contribution in [0.5, 0.6) is 0 Å². The van der Waals surface area contributed by atoms with E-state index in [0.29, 0.717) is 5.92 Å². The average molecular weight is 378 g/mol. The van der Waals surface area contributed by atoms with E-state index in [4.69, 9.17) is 0 Å². The Balaban J connectivity index is 1.88. The maximum absolute atomic E-state index is 13.5. The summed E-state index contributed by atoms with van der Waals surface area (Å²) in [5, 5.41) is 0. The van der Waals surface area contributed by atoms with Gasteiger partial charge in [-0.3, -0.25) is 4.98 Å². The van der Waals surface area contributed by atoms with E-state index >= 15 is 0 Å². The van der Waals surface area contributed by atoms with Gasteiger partial charge < -0.3 is 9.88 Å². The lowest BCUT2D eigenvalue weighted by Crippen LogP contribution is -2.29. The Morgan fingerprint density at radius 2 is 1.71 bits per heavy atom. The number of nitrogens with one attached hydrogen (secondary N) is 1. The maximum atomic E-state index is 13.5. The third-order valence-electron chi connectivity index (χ3n) is 5.87. The minimum atomic E-state index is -0.204. The Morgan fingerprint density at radius 1 is 1.04 bits per heavy atom. The fourth-order valence-corrected chi connectivity index (χ4v) is 4.38. The van der Waals surface area contributed by atoms with Gasteiger partial charge in [0.2, 0.25) is 0 Å². The van der Waals surface area contributed by atoms with Crippen LogP contribution in [0.1, 0.15) is 43.4 Å². The van der Waals surface area contributed by atoms with Crippen molar-refractivity contribution < 1.29 is 4.39 Å². The molecule has 0 saturated carbocycles. The zero-order valence-corrected chi connectivity index (χ0v) is 16.7. The molecule has 2 aromatic heterocycles. The molecule has 146 valence electrons. The Morgan fingerprint density at radius 3 is 2.36 bits per heavy atom. The number of hydrogen-bond donors (Lipinski definition) is 1. The monoisotopic (exact) mass is 377 g/mol. The van der Waals surface area contributed by atoms with Crippen LogP contribution in [0.15, 0.2) is 48.8 Å². The topological polar surface area (TPSA) is 31.9 Å². The largest absolute Gasteiger partial charge is 0.357 e. The number of pyridine rings is 1. The number of aromatic nitrogens is 2. The summed E-state index contributed by atoms with van der Waals surface area (Å²) in [4.78, 5) is 10.4. The highest BCUT2D eigenvalue weighted by Gasteiger charge is 2.27. The van der Waals surface area contributed by atoms with E-state index in [1.807, 2.05) is 24.5 Å². The van der Waals surface area contributed by atoms with Gasteiger partial charge in [-0.1, -0.05) is 13.3 Å². The lowest BCUT2D eigenvalue weighted by Gasteiger charge is -2.29. The van der Waals surface area contributed by atoms with Crippen LogP contribution < -0.4 is 0 Å². The number of piperidine rings is 1. The fourth-order valence-electron chi connectivity index (χ4n) is 4.38. The number of H-pyrrole nitrogens is 1. The van der Waals surface area contributed by atoms with E-state index < -0.39 is 0 Å². The van der Waals surface area contributed by atoms with Crippen molar-refractivity contribution in [2.24, 2.45) is 0 Å². The van der Waals surface area contributed by atoms with Crippen molar-refractivity contribution in [3.8, 4) is 22.4 Å². The molecule has 0 spiro atoms. The highest BCUT2D eigenvalue weighted by Crippen LogP contribution is 2.41. The van der Waals surface area contributed by atoms with Gasteiger partial charge in [-0.15, -0.1) is 0 Å². The number of likely N-dealkylation sites (tertiary alicyclic amines) is 1. The number of halogens is 1. The van der Waals surface area contributed by atoms with Crippen molar-refractivity contribution in [1.29, 1.82) is 0 Å². The van der Waals surface area contributed by atoms with Gasteiger partial charge in [0, 0.05) is 29.6 Å². The molecule has 4 rings (SSSR count). The molecule has 3 nitrogen and oxygen atoms in total. The molecular formula is C24H28FN3. The zero-order valence-electron chi connectivity index (χ0n) is 16.7. The van der Waals surface area contributed by atoms with Crippen LogP contribution in [0, 0.1) is 5.82 Å². The molecule has 28 heavy (non-hydrogen) atoms. The average Bonchev–Trinajstić information content (AvgIpc) is 3.09. The number of aromatic amines is 1. The lowest BCUT2D eigenvalue weighted by atomic mass is 9.88. The first-order chi connectivity index (χ1) is 13.7. The van der Waals surface area contributed by atoms with Crippen molar-refractivity contribution in [2.45, 2.75) is 38.5 Å².